The van der Waals surface area contributed by atoms with Gasteiger partial charge in [-0.05, 0) is 35.2 Å². The Hall–Kier alpha value is -3.88. The molecule has 35 heavy (non-hydrogen) atoms. The molecule has 0 fully saturated rings. The van der Waals surface area contributed by atoms with Crippen LogP contribution in [0.3, 0.4) is 0 Å². The Morgan fingerprint density at radius 3 is 2.17 bits per heavy atom. The summed E-state index contributed by atoms with van der Waals surface area (Å²) in [4.78, 5) is 17.4. The molecule has 0 atom stereocenters. The molecule has 0 unspecified atom stereocenters. The quantitative estimate of drug-likeness (QED) is 0.266. The predicted octanol–water partition coefficient (Wildman–Crippen LogP) is 7.53. The van der Waals surface area contributed by atoms with E-state index >= 15 is 0 Å². The molecule has 0 aliphatic heterocycles. The summed E-state index contributed by atoms with van der Waals surface area (Å²) in [5.41, 5.74) is 6.16. The van der Waals surface area contributed by atoms with E-state index in [1.807, 2.05) is 91.0 Å². The van der Waals surface area contributed by atoms with Gasteiger partial charge in [0.25, 0.3) is 0 Å². The Kier molecular flexibility index (Phi) is 7.97. The van der Waals surface area contributed by atoms with Gasteiger partial charge in [-0.25, -0.2) is 4.98 Å². The van der Waals surface area contributed by atoms with Crippen molar-refractivity contribution in [3.63, 3.8) is 0 Å². The first-order valence-electron chi connectivity index (χ1n) is 11.6. The molecule has 1 N–H and O–H groups in total. The molecule has 0 saturated heterocycles. The smallest absolute Gasteiger partial charge is 0.225 e. The lowest BCUT2D eigenvalue weighted by Crippen LogP contribution is -2.12. The number of nitriles is 1. The average molecular weight is 478 g/mol. The predicted molar refractivity (Wildman–Crippen MR) is 144 cm³/mol. The Balaban J connectivity index is 1.53. The minimum atomic E-state index is -0.0594. The Morgan fingerprint density at radius 2 is 1.57 bits per heavy atom. The lowest BCUT2D eigenvalue weighted by molar-refractivity contribution is -0.115. The van der Waals surface area contributed by atoms with Crippen molar-refractivity contribution in [3.05, 3.63) is 102 Å². The molecule has 0 radical (unpaired) electrons. The standard InChI is InChI=1S/C30H27N3OS/c1-21(2)22-13-15-25(16-14-22)32-29(34)17-18-35-30-27(20-31)26(23-9-5-3-6-10-23)19-28(33-30)24-11-7-4-8-12-24/h3-16,19,21H,17-18H2,1-2H3,(H,32,34). The first-order valence-corrected chi connectivity index (χ1v) is 12.6. The highest BCUT2D eigenvalue weighted by Crippen LogP contribution is 2.34. The van der Waals surface area contributed by atoms with E-state index in [-0.39, 0.29) is 5.91 Å². The van der Waals surface area contributed by atoms with Gasteiger partial charge >= 0.3 is 0 Å². The number of carbonyl (C=O) groups is 1. The van der Waals surface area contributed by atoms with Gasteiger partial charge in [0.15, 0.2) is 0 Å². The fraction of sp³-hybridized carbons (Fsp3) is 0.167. The molecule has 0 bridgehead atoms. The Labute approximate surface area is 211 Å². The molecule has 4 rings (SSSR count). The number of nitrogens with one attached hydrogen (secondary N) is 1. The second-order valence-electron chi connectivity index (χ2n) is 8.50. The van der Waals surface area contributed by atoms with E-state index in [4.69, 9.17) is 4.98 Å². The summed E-state index contributed by atoms with van der Waals surface area (Å²) < 4.78 is 0. The molecule has 1 heterocycles. The zero-order valence-electron chi connectivity index (χ0n) is 19.9. The number of aromatic nitrogens is 1. The molecule has 0 saturated carbocycles. The summed E-state index contributed by atoms with van der Waals surface area (Å²) in [5, 5.41) is 13.6. The second-order valence-corrected chi connectivity index (χ2v) is 9.59. The number of thioether (sulfide) groups is 1. The zero-order chi connectivity index (χ0) is 24.6. The van der Waals surface area contributed by atoms with Crippen LogP contribution in [0.4, 0.5) is 5.69 Å². The van der Waals surface area contributed by atoms with E-state index in [0.717, 1.165) is 28.1 Å². The van der Waals surface area contributed by atoms with Gasteiger partial charge in [-0.3, -0.25) is 4.79 Å². The SMILES string of the molecule is CC(C)c1ccc(NC(=O)CCSc2nc(-c3ccccc3)cc(-c3ccccc3)c2C#N)cc1. The molecule has 0 aliphatic rings. The van der Waals surface area contributed by atoms with Gasteiger partial charge < -0.3 is 5.32 Å². The maximum absolute atomic E-state index is 12.5. The van der Waals surface area contributed by atoms with Crippen LogP contribution in [-0.4, -0.2) is 16.6 Å². The number of anilines is 1. The second kappa shape index (κ2) is 11.5. The number of pyridine rings is 1. The van der Waals surface area contributed by atoms with Gasteiger partial charge in [0, 0.05) is 29.0 Å². The largest absolute Gasteiger partial charge is 0.326 e. The van der Waals surface area contributed by atoms with E-state index in [1.165, 1.54) is 17.3 Å². The highest BCUT2D eigenvalue weighted by molar-refractivity contribution is 7.99. The maximum Gasteiger partial charge on any atom is 0.225 e. The molecule has 4 nitrogen and oxygen atoms in total. The number of hydrogen-bond donors (Lipinski definition) is 1. The Bertz CT molecular complexity index is 1330. The molecule has 3 aromatic carbocycles. The van der Waals surface area contributed by atoms with Crippen molar-refractivity contribution in [2.24, 2.45) is 0 Å². The van der Waals surface area contributed by atoms with Gasteiger partial charge in [0.2, 0.25) is 5.91 Å². The van der Waals surface area contributed by atoms with E-state index in [9.17, 15) is 10.1 Å². The van der Waals surface area contributed by atoms with Crippen LogP contribution in [0.25, 0.3) is 22.4 Å². The topological polar surface area (TPSA) is 65.8 Å². The summed E-state index contributed by atoms with van der Waals surface area (Å²) >= 11 is 1.44. The summed E-state index contributed by atoms with van der Waals surface area (Å²) in [6.45, 7) is 4.29. The third-order valence-corrected chi connectivity index (χ3v) is 6.66. The van der Waals surface area contributed by atoms with Crippen LogP contribution < -0.4 is 5.32 Å². The van der Waals surface area contributed by atoms with E-state index in [1.54, 1.807) is 0 Å². The van der Waals surface area contributed by atoms with Crippen LogP contribution in [0.5, 0.6) is 0 Å². The van der Waals surface area contributed by atoms with E-state index < -0.39 is 0 Å². The summed E-state index contributed by atoms with van der Waals surface area (Å²) in [7, 11) is 0. The fourth-order valence-electron chi connectivity index (χ4n) is 3.75. The van der Waals surface area contributed by atoms with Crippen molar-refractivity contribution in [2.45, 2.75) is 31.2 Å². The maximum atomic E-state index is 12.5. The van der Waals surface area contributed by atoms with Crippen LogP contribution in [-0.2, 0) is 4.79 Å². The molecule has 1 amide bonds. The highest BCUT2D eigenvalue weighted by Gasteiger charge is 2.16. The fourth-order valence-corrected chi connectivity index (χ4v) is 4.70. The van der Waals surface area contributed by atoms with E-state index in [2.05, 4.69) is 25.2 Å². The summed E-state index contributed by atoms with van der Waals surface area (Å²) in [5.74, 6) is 0.908. The van der Waals surface area contributed by atoms with Crippen LogP contribution in [0.1, 0.15) is 37.3 Å². The minimum Gasteiger partial charge on any atom is -0.326 e. The number of rotatable bonds is 8. The van der Waals surface area contributed by atoms with Crippen LogP contribution in [0.15, 0.2) is 96.0 Å². The zero-order valence-corrected chi connectivity index (χ0v) is 20.7. The van der Waals surface area contributed by atoms with Crippen molar-refractivity contribution >= 4 is 23.4 Å². The molecule has 5 heteroatoms. The summed E-state index contributed by atoms with van der Waals surface area (Å²) in [6.07, 6.45) is 0.319. The molecule has 4 aromatic rings. The first-order chi connectivity index (χ1) is 17.0. The number of amides is 1. The number of benzene rings is 3. The Morgan fingerprint density at radius 1 is 0.943 bits per heavy atom. The van der Waals surface area contributed by atoms with Gasteiger partial charge in [-0.1, -0.05) is 86.6 Å². The number of nitrogens with zero attached hydrogens (tertiary/aromatic N) is 2. The van der Waals surface area contributed by atoms with Crippen molar-refractivity contribution in [1.82, 2.24) is 4.98 Å². The van der Waals surface area contributed by atoms with Gasteiger partial charge in [0.1, 0.15) is 11.1 Å². The summed E-state index contributed by atoms with van der Waals surface area (Å²) in [6, 6.07) is 32.1. The van der Waals surface area contributed by atoms with Crippen LogP contribution in [0.2, 0.25) is 0 Å². The third kappa shape index (κ3) is 6.17. The number of hydrogen-bond acceptors (Lipinski definition) is 4. The normalized spacial score (nSPS) is 10.7. The van der Waals surface area contributed by atoms with Crippen molar-refractivity contribution in [1.29, 1.82) is 5.26 Å². The molecule has 0 aliphatic carbocycles. The van der Waals surface area contributed by atoms with E-state index in [0.29, 0.717) is 28.7 Å². The van der Waals surface area contributed by atoms with Crippen LogP contribution >= 0.6 is 11.8 Å². The lowest BCUT2D eigenvalue weighted by atomic mass is 9.99. The van der Waals surface area contributed by atoms with Crippen LogP contribution in [0, 0.1) is 11.3 Å². The minimum absolute atomic E-state index is 0.0594. The lowest BCUT2D eigenvalue weighted by Gasteiger charge is -2.13. The van der Waals surface area contributed by atoms with Crippen molar-refractivity contribution in [2.75, 3.05) is 11.1 Å². The van der Waals surface area contributed by atoms with Gasteiger partial charge in [-0.2, -0.15) is 5.26 Å². The molecule has 174 valence electrons. The highest BCUT2D eigenvalue weighted by atomic mass is 32.2. The monoisotopic (exact) mass is 477 g/mol. The molecular weight excluding hydrogens is 450 g/mol. The van der Waals surface area contributed by atoms with Crippen molar-refractivity contribution < 1.29 is 4.79 Å². The average Bonchev–Trinajstić information content (AvgIpc) is 2.89. The molecular formula is C30H27N3OS. The van der Waals surface area contributed by atoms with Gasteiger partial charge in [-0.15, -0.1) is 11.8 Å². The molecule has 0 spiro atoms. The molecule has 1 aromatic heterocycles. The van der Waals surface area contributed by atoms with Gasteiger partial charge in [0.05, 0.1) is 11.3 Å². The third-order valence-electron chi connectivity index (χ3n) is 5.68. The number of carbonyl (C=O) groups excluding carboxylic acids is 1. The van der Waals surface area contributed by atoms with Crippen molar-refractivity contribution in [3.8, 4) is 28.5 Å². The first kappa shape index (κ1) is 24.3.